The van der Waals surface area contributed by atoms with Gasteiger partial charge in [-0.2, -0.15) is 0 Å². The molecule has 1 atom stereocenters. The smallest absolute Gasteiger partial charge is 0.261 e. The van der Waals surface area contributed by atoms with E-state index in [9.17, 15) is 9.59 Å². The Kier molecular flexibility index (Phi) is 4.22. The maximum Gasteiger partial charge on any atom is 0.261 e. The van der Waals surface area contributed by atoms with Gasteiger partial charge in [0.2, 0.25) is 5.18 Å². The van der Waals surface area contributed by atoms with Crippen molar-refractivity contribution in [1.82, 2.24) is 4.90 Å². The van der Waals surface area contributed by atoms with Gasteiger partial charge in [0.05, 0.1) is 23.8 Å². The summed E-state index contributed by atoms with van der Waals surface area (Å²) in [6, 6.07) is 6.77. The molecule has 1 aromatic carbocycles. The average Bonchev–Trinajstić information content (AvgIpc) is 2.83. The number of rotatable bonds is 2. The molecule has 0 aliphatic carbocycles. The van der Waals surface area contributed by atoms with Crippen molar-refractivity contribution in [2.24, 2.45) is 11.5 Å². The fraction of sp³-hybridized carbons (Fsp3) is 0.333. The van der Waals surface area contributed by atoms with Gasteiger partial charge < -0.3 is 21.7 Å². The number of carbonyl (C=O) groups is 2. The van der Waals surface area contributed by atoms with Gasteiger partial charge in [0.15, 0.2) is 0 Å². The van der Waals surface area contributed by atoms with E-state index in [1.807, 2.05) is 0 Å². The van der Waals surface area contributed by atoms with Crippen LogP contribution in [0.25, 0.3) is 0 Å². The summed E-state index contributed by atoms with van der Waals surface area (Å²) in [5, 5.41) is -1.23. The first-order valence-corrected chi connectivity index (χ1v) is 6.81. The van der Waals surface area contributed by atoms with Crippen LogP contribution in [0.5, 0.6) is 0 Å². The normalized spacial score (nSPS) is 23.7. The fourth-order valence-corrected chi connectivity index (χ4v) is 3.07. The van der Waals surface area contributed by atoms with Gasteiger partial charge >= 0.3 is 0 Å². The SMILES string of the molecule is NC1(N)OC(CN2C(=O)c3ccccc3C2=O)CS1.[Br-]. The number of fused-ring (bicyclic) bond motifs is 1. The van der Waals surface area contributed by atoms with E-state index in [-0.39, 0.29) is 41.4 Å². The quantitative estimate of drug-likeness (QED) is 0.430. The minimum Gasteiger partial charge on any atom is -1.00 e. The molecular weight excluding hydrogens is 346 g/mol. The van der Waals surface area contributed by atoms with Gasteiger partial charge in [0.25, 0.3) is 11.8 Å². The predicted octanol–water partition coefficient (Wildman–Crippen LogP) is -3.05. The highest BCUT2D eigenvalue weighted by molar-refractivity contribution is 8.00. The highest BCUT2D eigenvalue weighted by Gasteiger charge is 2.40. The number of hydrogen-bond acceptors (Lipinski definition) is 6. The Hall–Kier alpha value is -0.930. The largest absolute Gasteiger partial charge is 1.00 e. The second-order valence-electron chi connectivity index (χ2n) is 4.54. The van der Waals surface area contributed by atoms with E-state index in [4.69, 9.17) is 16.2 Å². The maximum atomic E-state index is 12.1. The van der Waals surface area contributed by atoms with Crippen LogP contribution in [0.3, 0.4) is 0 Å². The third-order valence-electron chi connectivity index (χ3n) is 3.11. The lowest BCUT2D eigenvalue weighted by Crippen LogP contribution is -3.00. The Morgan fingerprint density at radius 3 is 2.25 bits per heavy atom. The van der Waals surface area contributed by atoms with Crippen LogP contribution in [0.4, 0.5) is 0 Å². The topological polar surface area (TPSA) is 98.6 Å². The van der Waals surface area contributed by atoms with E-state index in [0.29, 0.717) is 16.9 Å². The van der Waals surface area contributed by atoms with Crippen LogP contribution in [-0.4, -0.2) is 40.3 Å². The first-order valence-electron chi connectivity index (χ1n) is 5.83. The molecule has 20 heavy (non-hydrogen) atoms. The number of carbonyl (C=O) groups excluding carboxylic acids is 2. The summed E-state index contributed by atoms with van der Waals surface area (Å²) in [6.45, 7) is 0.176. The Morgan fingerprint density at radius 1 is 1.25 bits per heavy atom. The molecule has 1 aromatic rings. The van der Waals surface area contributed by atoms with Crippen LogP contribution in [0.1, 0.15) is 20.7 Å². The van der Waals surface area contributed by atoms with E-state index in [1.54, 1.807) is 24.3 Å². The number of imide groups is 1. The first-order chi connectivity index (χ1) is 8.98. The number of nitrogens with zero attached hydrogens (tertiary/aromatic N) is 1. The first kappa shape index (κ1) is 15.5. The summed E-state index contributed by atoms with van der Waals surface area (Å²) >= 11 is 1.26. The zero-order chi connectivity index (χ0) is 13.6. The van der Waals surface area contributed by atoms with E-state index in [1.165, 1.54) is 16.7 Å². The molecule has 108 valence electrons. The Labute approximate surface area is 130 Å². The van der Waals surface area contributed by atoms with Crippen molar-refractivity contribution in [2.75, 3.05) is 12.3 Å². The summed E-state index contributed by atoms with van der Waals surface area (Å²) in [6.07, 6.45) is -0.331. The van der Waals surface area contributed by atoms with Crippen molar-refractivity contribution >= 4 is 23.6 Å². The monoisotopic (exact) mass is 358 g/mol. The second-order valence-corrected chi connectivity index (χ2v) is 5.80. The molecule has 0 spiro atoms. The van der Waals surface area contributed by atoms with Gasteiger partial charge in [0.1, 0.15) is 0 Å². The Balaban J connectivity index is 0.00000147. The summed E-state index contributed by atoms with van der Waals surface area (Å²) in [5.74, 6) is -0.0260. The van der Waals surface area contributed by atoms with Gasteiger partial charge in [0, 0.05) is 5.75 Å². The van der Waals surface area contributed by atoms with E-state index >= 15 is 0 Å². The van der Waals surface area contributed by atoms with Crippen LogP contribution in [-0.2, 0) is 4.74 Å². The number of ether oxygens (including phenoxy) is 1. The van der Waals surface area contributed by atoms with Crippen molar-refractivity contribution in [1.29, 1.82) is 0 Å². The minimum absolute atomic E-state index is 0. The average molecular weight is 359 g/mol. The minimum atomic E-state index is -1.23. The molecular formula is C12H13BrN3O3S-. The van der Waals surface area contributed by atoms with Crippen LogP contribution < -0.4 is 28.4 Å². The molecule has 2 heterocycles. The molecule has 1 fully saturated rings. The zero-order valence-electron chi connectivity index (χ0n) is 10.4. The van der Waals surface area contributed by atoms with E-state index in [2.05, 4.69) is 0 Å². The van der Waals surface area contributed by atoms with Gasteiger partial charge in [-0.05, 0) is 12.1 Å². The molecule has 3 rings (SSSR count). The molecule has 2 aliphatic rings. The number of halogens is 1. The Morgan fingerprint density at radius 2 is 1.80 bits per heavy atom. The fourth-order valence-electron chi connectivity index (χ4n) is 2.25. The van der Waals surface area contributed by atoms with E-state index in [0.717, 1.165) is 0 Å². The molecule has 0 saturated carbocycles. The van der Waals surface area contributed by atoms with Crippen molar-refractivity contribution in [3.05, 3.63) is 35.4 Å². The molecule has 0 radical (unpaired) electrons. The lowest BCUT2D eigenvalue weighted by molar-refractivity contribution is -0.0114. The summed E-state index contributed by atoms with van der Waals surface area (Å²) in [5.41, 5.74) is 12.1. The molecule has 8 heteroatoms. The molecule has 4 N–H and O–H groups in total. The molecule has 0 aromatic heterocycles. The molecule has 2 aliphatic heterocycles. The van der Waals surface area contributed by atoms with Gasteiger partial charge in [-0.3, -0.25) is 26.0 Å². The van der Waals surface area contributed by atoms with Crippen molar-refractivity contribution in [3.63, 3.8) is 0 Å². The second kappa shape index (κ2) is 5.45. The van der Waals surface area contributed by atoms with Gasteiger partial charge in [-0.15, -0.1) is 0 Å². The van der Waals surface area contributed by atoms with Crippen LogP contribution in [0, 0.1) is 0 Å². The van der Waals surface area contributed by atoms with Gasteiger partial charge in [-0.25, -0.2) is 0 Å². The van der Waals surface area contributed by atoms with Crippen LogP contribution in [0.2, 0.25) is 0 Å². The third-order valence-corrected chi connectivity index (χ3v) is 4.20. The molecule has 1 unspecified atom stereocenters. The standard InChI is InChI=1S/C12H13N3O3S.BrH/c13-12(14)18-7(6-19-12)5-15-10(16)8-3-1-2-4-9(8)11(15)17;/h1-4,7H,5-6,13-14H2;1H/p-1. The van der Waals surface area contributed by atoms with Gasteiger partial charge in [-0.1, -0.05) is 23.9 Å². The predicted molar refractivity (Wildman–Crippen MR) is 70.2 cm³/mol. The van der Waals surface area contributed by atoms with Crippen molar-refractivity contribution in [2.45, 2.75) is 11.3 Å². The number of nitrogens with two attached hydrogens (primary N) is 2. The molecule has 2 amide bonds. The Bertz CT molecular complexity index is 532. The highest BCUT2D eigenvalue weighted by Crippen LogP contribution is 2.30. The van der Waals surface area contributed by atoms with Crippen molar-refractivity contribution in [3.8, 4) is 0 Å². The zero-order valence-corrected chi connectivity index (χ0v) is 12.8. The third kappa shape index (κ3) is 2.61. The maximum absolute atomic E-state index is 12.1. The lowest BCUT2D eigenvalue weighted by Gasteiger charge is -2.21. The number of thioether (sulfide) groups is 1. The van der Waals surface area contributed by atoms with Crippen molar-refractivity contribution < 1.29 is 31.3 Å². The summed E-state index contributed by atoms with van der Waals surface area (Å²) in [7, 11) is 0. The van der Waals surface area contributed by atoms with Crippen LogP contribution >= 0.6 is 11.8 Å². The highest BCUT2D eigenvalue weighted by atomic mass is 79.9. The number of benzene rings is 1. The summed E-state index contributed by atoms with van der Waals surface area (Å²) in [4.78, 5) is 25.5. The molecule has 0 bridgehead atoms. The van der Waals surface area contributed by atoms with Crippen LogP contribution in [0.15, 0.2) is 24.3 Å². The number of amides is 2. The molecule has 1 saturated heterocycles. The molecule has 6 nitrogen and oxygen atoms in total. The van der Waals surface area contributed by atoms with E-state index < -0.39 is 5.18 Å². The summed E-state index contributed by atoms with van der Waals surface area (Å²) < 4.78 is 5.38. The number of hydrogen-bond donors (Lipinski definition) is 2. The lowest BCUT2D eigenvalue weighted by atomic mass is 10.1.